The summed E-state index contributed by atoms with van der Waals surface area (Å²) < 4.78 is 13.4. The van der Waals surface area contributed by atoms with Crippen molar-refractivity contribution < 1.29 is 9.18 Å². The molecule has 1 amide bonds. The third-order valence-corrected chi connectivity index (χ3v) is 2.67. The number of nitrogens with one attached hydrogen (secondary N) is 1. The minimum atomic E-state index is -0.407. The Morgan fingerprint density at radius 3 is 2.88 bits per heavy atom. The van der Waals surface area contributed by atoms with Crippen LogP contribution in [0.25, 0.3) is 0 Å². The fourth-order valence-corrected chi connectivity index (χ4v) is 1.55. The number of carbonyl (C=O) groups is 1. The molecule has 0 aliphatic heterocycles. The van der Waals surface area contributed by atoms with E-state index in [2.05, 4.69) is 5.32 Å². The normalized spacial score (nSPS) is 12.2. The fraction of sp³-hybridized carbons (Fsp3) is 0.462. The predicted octanol–water partition coefficient (Wildman–Crippen LogP) is 2.45. The van der Waals surface area contributed by atoms with E-state index in [1.165, 1.54) is 6.07 Å². The molecular weight excluding hydrogens is 219 g/mol. The van der Waals surface area contributed by atoms with Gasteiger partial charge in [0, 0.05) is 5.92 Å². The molecule has 3 nitrogen and oxygen atoms in total. The lowest BCUT2D eigenvalue weighted by Gasteiger charge is -2.12. The van der Waals surface area contributed by atoms with E-state index >= 15 is 0 Å². The summed E-state index contributed by atoms with van der Waals surface area (Å²) in [6, 6.07) is 4.65. The number of hydrogen-bond donors (Lipinski definition) is 2. The molecule has 0 aliphatic rings. The second kappa shape index (κ2) is 6.35. The lowest BCUT2D eigenvalue weighted by atomic mass is 10.0. The van der Waals surface area contributed by atoms with E-state index in [0.29, 0.717) is 6.54 Å². The van der Waals surface area contributed by atoms with Crippen molar-refractivity contribution >= 4 is 11.6 Å². The number of anilines is 1. The topological polar surface area (TPSA) is 55.1 Å². The highest BCUT2D eigenvalue weighted by atomic mass is 19.1. The molecule has 1 rings (SSSR count). The van der Waals surface area contributed by atoms with Crippen LogP contribution in [0.3, 0.4) is 0 Å². The second-order valence-corrected chi connectivity index (χ2v) is 4.30. The van der Waals surface area contributed by atoms with Crippen LogP contribution in [0.5, 0.6) is 0 Å². The van der Waals surface area contributed by atoms with Gasteiger partial charge in [0.25, 0.3) is 0 Å². The van der Waals surface area contributed by atoms with E-state index in [1.54, 1.807) is 12.1 Å². The number of benzene rings is 1. The van der Waals surface area contributed by atoms with Crippen molar-refractivity contribution in [2.45, 2.75) is 26.7 Å². The van der Waals surface area contributed by atoms with Crippen LogP contribution in [-0.2, 0) is 4.79 Å². The molecule has 0 aliphatic carbocycles. The average molecular weight is 238 g/mol. The first-order valence-corrected chi connectivity index (χ1v) is 5.81. The van der Waals surface area contributed by atoms with E-state index < -0.39 is 5.82 Å². The Kier molecular flexibility index (Phi) is 5.10. The highest BCUT2D eigenvalue weighted by Gasteiger charge is 2.14. The summed E-state index contributed by atoms with van der Waals surface area (Å²) in [6.45, 7) is 4.24. The van der Waals surface area contributed by atoms with E-state index in [0.717, 1.165) is 18.4 Å². The van der Waals surface area contributed by atoms with Crippen LogP contribution >= 0.6 is 0 Å². The van der Waals surface area contributed by atoms with Crippen molar-refractivity contribution in [3.8, 4) is 0 Å². The van der Waals surface area contributed by atoms with Crippen LogP contribution in [0.4, 0.5) is 10.1 Å². The maximum atomic E-state index is 13.4. The lowest BCUT2D eigenvalue weighted by Crippen LogP contribution is -2.21. The smallest absolute Gasteiger partial charge is 0.227 e. The molecule has 17 heavy (non-hydrogen) atoms. The van der Waals surface area contributed by atoms with Crippen molar-refractivity contribution in [3.05, 3.63) is 29.6 Å². The van der Waals surface area contributed by atoms with Crippen LogP contribution in [0.2, 0.25) is 0 Å². The van der Waals surface area contributed by atoms with Gasteiger partial charge in [-0.2, -0.15) is 0 Å². The van der Waals surface area contributed by atoms with Crippen LogP contribution in [0.15, 0.2) is 18.2 Å². The minimum Gasteiger partial charge on any atom is -0.330 e. The predicted molar refractivity (Wildman–Crippen MR) is 67.2 cm³/mol. The molecular formula is C13H19FN2O. The number of nitrogens with two attached hydrogens (primary N) is 1. The van der Waals surface area contributed by atoms with Gasteiger partial charge in [-0.05, 0) is 44.0 Å². The molecule has 1 aromatic carbocycles. The summed E-state index contributed by atoms with van der Waals surface area (Å²) in [5, 5.41) is 2.60. The number of amides is 1. The molecule has 4 heteroatoms. The Morgan fingerprint density at radius 1 is 1.53 bits per heavy atom. The Hall–Kier alpha value is -1.42. The second-order valence-electron chi connectivity index (χ2n) is 4.30. The Bertz CT molecular complexity index is 393. The molecule has 1 aromatic rings. The van der Waals surface area contributed by atoms with Gasteiger partial charge in [-0.15, -0.1) is 0 Å². The van der Waals surface area contributed by atoms with Crippen molar-refractivity contribution in [3.63, 3.8) is 0 Å². The highest BCUT2D eigenvalue weighted by molar-refractivity contribution is 5.92. The average Bonchev–Trinajstić information content (AvgIpc) is 2.30. The minimum absolute atomic E-state index is 0.154. The van der Waals surface area contributed by atoms with Gasteiger partial charge in [-0.25, -0.2) is 4.39 Å². The van der Waals surface area contributed by atoms with Crippen LogP contribution in [0, 0.1) is 18.7 Å². The fourth-order valence-electron chi connectivity index (χ4n) is 1.55. The maximum absolute atomic E-state index is 13.4. The van der Waals surface area contributed by atoms with Gasteiger partial charge in [0.15, 0.2) is 0 Å². The van der Waals surface area contributed by atoms with Crippen LogP contribution < -0.4 is 11.1 Å². The van der Waals surface area contributed by atoms with Gasteiger partial charge in [0.2, 0.25) is 5.91 Å². The number of halogens is 1. The standard InChI is InChI=1S/C13H19FN2O/c1-9-5-6-11(14)12(8-9)16-13(17)10(2)4-3-7-15/h5-6,8,10H,3-4,7,15H2,1-2H3,(H,16,17). The molecule has 0 radical (unpaired) electrons. The molecule has 3 N–H and O–H groups in total. The lowest BCUT2D eigenvalue weighted by molar-refractivity contribution is -0.119. The molecule has 0 saturated heterocycles. The molecule has 0 aromatic heterocycles. The van der Waals surface area contributed by atoms with Crippen molar-refractivity contribution in [1.29, 1.82) is 0 Å². The third kappa shape index (κ3) is 4.15. The molecule has 1 unspecified atom stereocenters. The first-order chi connectivity index (χ1) is 8.04. The number of carbonyl (C=O) groups excluding carboxylic acids is 1. The van der Waals surface area contributed by atoms with E-state index in [-0.39, 0.29) is 17.5 Å². The molecule has 0 fully saturated rings. The van der Waals surface area contributed by atoms with Gasteiger partial charge in [-0.3, -0.25) is 4.79 Å². The van der Waals surface area contributed by atoms with Crippen molar-refractivity contribution in [2.24, 2.45) is 11.7 Å². The van der Waals surface area contributed by atoms with E-state index in [9.17, 15) is 9.18 Å². The molecule has 0 bridgehead atoms. The first kappa shape index (κ1) is 13.6. The first-order valence-electron chi connectivity index (χ1n) is 5.81. The molecule has 94 valence electrons. The van der Waals surface area contributed by atoms with Gasteiger partial charge in [0.1, 0.15) is 5.82 Å². The molecule has 1 atom stereocenters. The monoisotopic (exact) mass is 238 g/mol. The van der Waals surface area contributed by atoms with Gasteiger partial charge in [-0.1, -0.05) is 13.0 Å². The zero-order valence-electron chi connectivity index (χ0n) is 10.3. The number of hydrogen-bond acceptors (Lipinski definition) is 2. The van der Waals surface area contributed by atoms with Gasteiger partial charge < -0.3 is 11.1 Å². The van der Waals surface area contributed by atoms with Gasteiger partial charge in [0.05, 0.1) is 5.69 Å². The quantitative estimate of drug-likeness (QED) is 0.827. The summed E-state index contributed by atoms with van der Waals surface area (Å²) >= 11 is 0. The number of rotatable bonds is 5. The largest absolute Gasteiger partial charge is 0.330 e. The molecule has 0 spiro atoms. The summed E-state index contributed by atoms with van der Waals surface area (Å²) in [7, 11) is 0. The summed E-state index contributed by atoms with van der Waals surface area (Å²) in [6.07, 6.45) is 1.51. The SMILES string of the molecule is Cc1ccc(F)c(NC(=O)C(C)CCCN)c1. The summed E-state index contributed by atoms with van der Waals surface area (Å²) in [5.74, 6) is -0.726. The van der Waals surface area contributed by atoms with Gasteiger partial charge >= 0.3 is 0 Å². The van der Waals surface area contributed by atoms with Crippen LogP contribution in [-0.4, -0.2) is 12.5 Å². The number of aryl methyl sites for hydroxylation is 1. The summed E-state index contributed by atoms with van der Waals surface area (Å²) in [4.78, 5) is 11.8. The van der Waals surface area contributed by atoms with E-state index in [4.69, 9.17) is 5.73 Å². The Labute approximate surface area is 101 Å². The summed E-state index contributed by atoms with van der Waals surface area (Å²) in [5.41, 5.74) is 6.54. The highest BCUT2D eigenvalue weighted by Crippen LogP contribution is 2.17. The molecule has 0 heterocycles. The Balaban J connectivity index is 2.64. The maximum Gasteiger partial charge on any atom is 0.227 e. The van der Waals surface area contributed by atoms with Crippen LogP contribution in [0.1, 0.15) is 25.3 Å². The zero-order chi connectivity index (χ0) is 12.8. The van der Waals surface area contributed by atoms with E-state index in [1.807, 2.05) is 13.8 Å². The van der Waals surface area contributed by atoms with Crippen molar-refractivity contribution in [2.75, 3.05) is 11.9 Å². The Morgan fingerprint density at radius 2 is 2.24 bits per heavy atom. The zero-order valence-corrected chi connectivity index (χ0v) is 10.3. The van der Waals surface area contributed by atoms with Crippen molar-refractivity contribution in [1.82, 2.24) is 0 Å². The third-order valence-electron chi connectivity index (χ3n) is 2.67. The molecule has 0 saturated carbocycles.